The van der Waals surface area contributed by atoms with Crippen LogP contribution in [0.5, 0.6) is 5.75 Å². The fraction of sp³-hybridized carbons (Fsp3) is 0.188. The van der Waals surface area contributed by atoms with Crippen molar-refractivity contribution in [3.05, 3.63) is 63.7 Å². The molecule has 0 saturated heterocycles. The lowest BCUT2D eigenvalue weighted by Crippen LogP contribution is -2.14. The number of carbonyl (C=O) groups excluding carboxylic acids is 1. The maximum absolute atomic E-state index is 13.9. The lowest BCUT2D eigenvalue weighted by Gasteiger charge is -2.19. The minimum Gasteiger partial charge on any atom is -0.493 e. The van der Waals surface area contributed by atoms with Crippen LogP contribution in [0.15, 0.2) is 30.3 Å². The Kier molecular flexibility index (Phi) is 3.64. The number of carbonyl (C=O) groups is 1. The van der Waals surface area contributed by atoms with Crippen molar-refractivity contribution in [3.63, 3.8) is 0 Å². The molecule has 0 aromatic heterocycles. The molecular weight excluding hydrogens is 298 g/mol. The molecule has 0 saturated carbocycles. The molecule has 1 aliphatic heterocycles. The second-order valence-electron chi connectivity index (χ2n) is 4.82. The molecule has 0 radical (unpaired) electrons. The molecule has 2 aromatic rings. The molecular formula is C16H11ClF2O2. The number of halogens is 3. The van der Waals surface area contributed by atoms with E-state index in [1.807, 2.05) is 6.07 Å². The highest BCUT2D eigenvalue weighted by Gasteiger charge is 2.23. The Labute approximate surface area is 125 Å². The molecule has 0 amide bonds. The minimum absolute atomic E-state index is 0.243. The standard InChI is InChI=1S/C16H11ClF2O2/c17-12-8-13(18)11(7-14(12)19)15(20)10-5-1-3-9-4-2-6-21-16(9)10/h1,3,5,7-8H,2,4,6H2. The first kappa shape index (κ1) is 14.0. The third kappa shape index (κ3) is 2.51. The van der Waals surface area contributed by atoms with Gasteiger partial charge in [-0.25, -0.2) is 8.78 Å². The van der Waals surface area contributed by atoms with Crippen LogP contribution >= 0.6 is 11.6 Å². The summed E-state index contributed by atoms with van der Waals surface area (Å²) < 4.78 is 32.9. The quantitative estimate of drug-likeness (QED) is 0.614. The Hall–Kier alpha value is -1.94. The van der Waals surface area contributed by atoms with E-state index in [4.69, 9.17) is 16.3 Å². The first-order chi connectivity index (χ1) is 10.1. The maximum atomic E-state index is 13.9. The number of hydrogen-bond acceptors (Lipinski definition) is 2. The second kappa shape index (κ2) is 5.45. The van der Waals surface area contributed by atoms with Gasteiger partial charge in [-0.1, -0.05) is 23.7 Å². The van der Waals surface area contributed by atoms with E-state index in [-0.39, 0.29) is 16.1 Å². The Balaban J connectivity index is 2.09. The Morgan fingerprint density at radius 2 is 1.95 bits per heavy atom. The van der Waals surface area contributed by atoms with Crippen molar-refractivity contribution in [2.24, 2.45) is 0 Å². The third-order valence-electron chi connectivity index (χ3n) is 3.43. The van der Waals surface area contributed by atoms with Crippen molar-refractivity contribution < 1.29 is 18.3 Å². The van der Waals surface area contributed by atoms with Gasteiger partial charge in [-0.2, -0.15) is 0 Å². The van der Waals surface area contributed by atoms with E-state index in [0.717, 1.165) is 30.5 Å². The summed E-state index contributed by atoms with van der Waals surface area (Å²) in [5.41, 5.74) is 0.800. The topological polar surface area (TPSA) is 26.3 Å². The van der Waals surface area contributed by atoms with E-state index in [0.29, 0.717) is 12.4 Å². The van der Waals surface area contributed by atoms with Gasteiger partial charge in [-0.05, 0) is 36.6 Å². The number of fused-ring (bicyclic) bond motifs is 1. The third-order valence-corrected chi connectivity index (χ3v) is 3.72. The van der Waals surface area contributed by atoms with Gasteiger partial charge in [-0.15, -0.1) is 0 Å². The van der Waals surface area contributed by atoms with Crippen LogP contribution in [0.4, 0.5) is 8.78 Å². The average molecular weight is 309 g/mol. The zero-order valence-corrected chi connectivity index (χ0v) is 11.7. The van der Waals surface area contributed by atoms with Crippen molar-refractivity contribution in [2.75, 3.05) is 6.61 Å². The summed E-state index contributed by atoms with van der Waals surface area (Å²) in [5, 5.41) is -0.351. The number of para-hydroxylation sites is 1. The van der Waals surface area contributed by atoms with E-state index in [2.05, 4.69) is 0 Å². The number of ketones is 1. The largest absolute Gasteiger partial charge is 0.493 e. The molecule has 0 N–H and O–H groups in total. The summed E-state index contributed by atoms with van der Waals surface area (Å²) in [6, 6.07) is 6.76. The lowest BCUT2D eigenvalue weighted by molar-refractivity contribution is 0.103. The maximum Gasteiger partial charge on any atom is 0.199 e. The first-order valence-electron chi connectivity index (χ1n) is 6.52. The summed E-state index contributed by atoms with van der Waals surface area (Å²) >= 11 is 5.50. The number of benzene rings is 2. The van der Waals surface area contributed by atoms with E-state index in [9.17, 15) is 13.6 Å². The van der Waals surface area contributed by atoms with Gasteiger partial charge in [-0.3, -0.25) is 4.79 Å². The van der Waals surface area contributed by atoms with Gasteiger partial charge >= 0.3 is 0 Å². The molecule has 0 bridgehead atoms. The fourth-order valence-corrected chi connectivity index (χ4v) is 2.56. The van der Waals surface area contributed by atoms with Crippen LogP contribution in [0.2, 0.25) is 5.02 Å². The Morgan fingerprint density at radius 1 is 1.14 bits per heavy atom. The first-order valence-corrected chi connectivity index (χ1v) is 6.89. The molecule has 3 rings (SSSR count). The fourth-order valence-electron chi connectivity index (χ4n) is 2.41. The highest BCUT2D eigenvalue weighted by Crippen LogP contribution is 2.31. The van der Waals surface area contributed by atoms with Crippen molar-refractivity contribution in [3.8, 4) is 5.75 Å². The summed E-state index contributed by atoms with van der Waals surface area (Å²) in [5.74, 6) is -1.82. The number of hydrogen-bond donors (Lipinski definition) is 0. The molecule has 21 heavy (non-hydrogen) atoms. The van der Waals surface area contributed by atoms with Crippen LogP contribution in [0.3, 0.4) is 0 Å². The van der Waals surface area contributed by atoms with Gasteiger partial charge < -0.3 is 4.74 Å². The molecule has 0 aliphatic carbocycles. The molecule has 0 spiro atoms. The predicted octanol–water partition coefficient (Wildman–Crippen LogP) is 4.17. The zero-order chi connectivity index (χ0) is 15.0. The van der Waals surface area contributed by atoms with Gasteiger partial charge in [0.05, 0.1) is 22.8 Å². The summed E-state index contributed by atoms with van der Waals surface area (Å²) in [4.78, 5) is 12.5. The highest BCUT2D eigenvalue weighted by atomic mass is 35.5. The molecule has 1 heterocycles. The van der Waals surface area contributed by atoms with Gasteiger partial charge in [0, 0.05) is 0 Å². The highest BCUT2D eigenvalue weighted by molar-refractivity contribution is 6.31. The number of ether oxygens (including phenoxy) is 1. The van der Waals surface area contributed by atoms with Crippen molar-refractivity contribution in [1.29, 1.82) is 0 Å². The van der Waals surface area contributed by atoms with Gasteiger partial charge in [0.15, 0.2) is 5.78 Å². The predicted molar refractivity (Wildman–Crippen MR) is 75.1 cm³/mol. The molecule has 108 valence electrons. The summed E-state index contributed by atoms with van der Waals surface area (Å²) in [6.07, 6.45) is 1.67. The van der Waals surface area contributed by atoms with E-state index < -0.39 is 17.4 Å². The lowest BCUT2D eigenvalue weighted by atomic mass is 9.96. The summed E-state index contributed by atoms with van der Waals surface area (Å²) in [7, 11) is 0. The minimum atomic E-state index is -0.847. The molecule has 2 aromatic carbocycles. The van der Waals surface area contributed by atoms with Crippen LogP contribution < -0.4 is 4.74 Å². The van der Waals surface area contributed by atoms with Crippen molar-refractivity contribution in [2.45, 2.75) is 12.8 Å². The number of aryl methyl sites for hydroxylation is 1. The van der Waals surface area contributed by atoms with Crippen LogP contribution in [0.1, 0.15) is 27.9 Å². The van der Waals surface area contributed by atoms with Crippen LogP contribution in [-0.4, -0.2) is 12.4 Å². The normalized spacial score (nSPS) is 13.5. The Morgan fingerprint density at radius 3 is 2.76 bits per heavy atom. The molecule has 1 aliphatic rings. The van der Waals surface area contributed by atoms with E-state index in [1.165, 1.54) is 0 Å². The molecule has 0 unspecified atom stereocenters. The van der Waals surface area contributed by atoms with Crippen LogP contribution in [0, 0.1) is 11.6 Å². The van der Waals surface area contributed by atoms with Crippen LogP contribution in [0.25, 0.3) is 0 Å². The zero-order valence-electron chi connectivity index (χ0n) is 11.0. The second-order valence-corrected chi connectivity index (χ2v) is 5.23. The van der Waals surface area contributed by atoms with Gasteiger partial charge in [0.2, 0.25) is 0 Å². The molecule has 5 heteroatoms. The smallest absolute Gasteiger partial charge is 0.199 e. The van der Waals surface area contributed by atoms with Crippen molar-refractivity contribution in [1.82, 2.24) is 0 Å². The van der Waals surface area contributed by atoms with Gasteiger partial charge in [0.25, 0.3) is 0 Å². The number of rotatable bonds is 2. The van der Waals surface area contributed by atoms with Gasteiger partial charge in [0.1, 0.15) is 17.4 Å². The molecule has 0 fully saturated rings. The van der Waals surface area contributed by atoms with E-state index >= 15 is 0 Å². The van der Waals surface area contributed by atoms with Crippen molar-refractivity contribution >= 4 is 17.4 Å². The Bertz CT molecular complexity index is 728. The van der Waals surface area contributed by atoms with Crippen LogP contribution in [-0.2, 0) is 6.42 Å². The molecule has 2 nitrogen and oxygen atoms in total. The molecule has 0 atom stereocenters. The average Bonchev–Trinajstić information content (AvgIpc) is 2.49. The summed E-state index contributed by atoms with van der Waals surface area (Å²) in [6.45, 7) is 0.509. The monoisotopic (exact) mass is 308 g/mol. The SMILES string of the molecule is O=C(c1cc(F)c(Cl)cc1F)c1cccc2c1OCCC2. The van der Waals surface area contributed by atoms with E-state index in [1.54, 1.807) is 12.1 Å².